The molecule has 0 amide bonds. The van der Waals surface area contributed by atoms with Gasteiger partial charge in [-0.3, -0.25) is 0 Å². The number of benzene rings is 1. The second-order valence-electron chi connectivity index (χ2n) is 14.4. The van der Waals surface area contributed by atoms with Gasteiger partial charge in [-0.1, -0.05) is 44.1 Å². The minimum atomic E-state index is -5.89. The van der Waals surface area contributed by atoms with Crippen molar-refractivity contribution in [3.05, 3.63) is 46.5 Å². The minimum absolute atomic E-state index is 0.0597. The Kier molecular flexibility index (Phi) is 6.77. The van der Waals surface area contributed by atoms with Crippen LogP contribution >= 0.6 is 0 Å². The van der Waals surface area contributed by atoms with E-state index in [1.165, 1.54) is 24.6 Å². The van der Waals surface area contributed by atoms with Crippen molar-refractivity contribution in [2.24, 2.45) is 28.6 Å². The predicted octanol–water partition coefficient (Wildman–Crippen LogP) is 7.49. The molecule has 4 aliphatic carbocycles. The number of aliphatic hydroxyl groups is 1. The van der Waals surface area contributed by atoms with Crippen molar-refractivity contribution in [3.63, 3.8) is 0 Å². The Morgan fingerprint density at radius 2 is 1.57 bits per heavy atom. The summed E-state index contributed by atoms with van der Waals surface area (Å²) in [5.41, 5.74) is -2.01. The lowest BCUT2D eigenvalue weighted by Gasteiger charge is -2.57. The van der Waals surface area contributed by atoms with Gasteiger partial charge in [0.25, 0.3) is 0 Å². The van der Waals surface area contributed by atoms with E-state index in [0.29, 0.717) is 44.5 Å². The number of halogens is 5. The molecule has 0 bridgehead atoms. The van der Waals surface area contributed by atoms with Gasteiger partial charge in [0.15, 0.2) is 5.79 Å². The molecular formula is C32H39F5O5. The molecule has 5 aliphatic rings. The molecule has 2 N–H and O–H groups in total. The van der Waals surface area contributed by atoms with Gasteiger partial charge in [0.05, 0.1) is 18.8 Å². The average Bonchev–Trinajstić information content (AvgIpc) is 3.21. The SMILES string of the molecule is CC1(C)COC2(CCC3=C4C(CCC3C2)C2CC[C@@](O)(C(F)(F)C(F)(F)F)[C@@]2(C)C[C@@H]4c2ccc(C(=O)O)cc2)OC1. The second-order valence-corrected chi connectivity index (χ2v) is 14.4. The van der Waals surface area contributed by atoms with Crippen molar-refractivity contribution in [3.8, 4) is 0 Å². The second kappa shape index (κ2) is 9.48. The van der Waals surface area contributed by atoms with E-state index >= 15 is 8.78 Å². The Morgan fingerprint density at radius 1 is 0.929 bits per heavy atom. The summed E-state index contributed by atoms with van der Waals surface area (Å²) in [6.45, 7) is 6.76. The van der Waals surface area contributed by atoms with Gasteiger partial charge >= 0.3 is 18.1 Å². The van der Waals surface area contributed by atoms with Crippen molar-refractivity contribution in [1.29, 1.82) is 0 Å². The molecule has 1 aromatic rings. The summed E-state index contributed by atoms with van der Waals surface area (Å²) in [7, 11) is 0. The standard InChI is InChI=1S/C32H39F5O5/c1-27(2)16-41-29(42-17-27)12-10-21-20(14-29)8-9-22-24-11-13-30(40,31(33,34)32(35,36)37)28(24,3)15-23(25(21)22)18-4-6-19(7-5-18)26(38)39/h4-7,20,22-24,40H,8-17H2,1-3H3,(H,38,39)/t20?,22?,23-,24?,28+,30+/m1/s1. The van der Waals surface area contributed by atoms with Crippen LogP contribution in [-0.2, 0) is 9.47 Å². The molecule has 42 heavy (non-hydrogen) atoms. The highest BCUT2D eigenvalue weighted by atomic mass is 19.4. The number of allylic oxidation sites excluding steroid dienone is 2. The van der Waals surface area contributed by atoms with Crippen LogP contribution < -0.4 is 0 Å². The van der Waals surface area contributed by atoms with E-state index in [1.807, 2.05) is 0 Å². The third-order valence-corrected chi connectivity index (χ3v) is 11.4. The number of fused-ring (bicyclic) bond motifs is 4. The summed E-state index contributed by atoms with van der Waals surface area (Å²) in [5, 5.41) is 20.8. The largest absolute Gasteiger partial charge is 0.478 e. The fourth-order valence-corrected chi connectivity index (χ4v) is 9.14. The van der Waals surface area contributed by atoms with E-state index in [9.17, 15) is 28.2 Å². The van der Waals surface area contributed by atoms with E-state index in [1.54, 1.807) is 12.1 Å². The number of hydrogen-bond acceptors (Lipinski definition) is 4. The molecule has 0 aromatic heterocycles. The first kappa shape index (κ1) is 30.0. The van der Waals surface area contributed by atoms with Gasteiger partial charge in [0.2, 0.25) is 0 Å². The first-order valence-corrected chi connectivity index (χ1v) is 14.9. The summed E-state index contributed by atoms with van der Waals surface area (Å²) >= 11 is 0. The van der Waals surface area contributed by atoms with Crippen LogP contribution in [0.2, 0.25) is 0 Å². The highest BCUT2D eigenvalue weighted by Gasteiger charge is 2.79. The zero-order valence-electron chi connectivity index (χ0n) is 24.2. The van der Waals surface area contributed by atoms with Gasteiger partial charge in [-0.15, -0.1) is 0 Å². The number of ether oxygens (including phenoxy) is 2. The van der Waals surface area contributed by atoms with Gasteiger partial charge in [0.1, 0.15) is 5.60 Å². The number of hydrogen-bond donors (Lipinski definition) is 2. The summed E-state index contributed by atoms with van der Waals surface area (Å²) < 4.78 is 84.3. The lowest BCUT2D eigenvalue weighted by Crippen LogP contribution is -2.65. The van der Waals surface area contributed by atoms with E-state index in [4.69, 9.17) is 9.47 Å². The Hall–Kier alpha value is -2.04. The van der Waals surface area contributed by atoms with Gasteiger partial charge in [0, 0.05) is 29.6 Å². The van der Waals surface area contributed by atoms with Crippen molar-refractivity contribution in [1.82, 2.24) is 0 Å². The number of carbonyl (C=O) groups is 1. The molecule has 4 fully saturated rings. The predicted molar refractivity (Wildman–Crippen MR) is 143 cm³/mol. The smallest absolute Gasteiger partial charge is 0.456 e. The van der Waals surface area contributed by atoms with Crippen LogP contribution in [0, 0.1) is 28.6 Å². The van der Waals surface area contributed by atoms with E-state index in [2.05, 4.69) is 13.8 Å². The van der Waals surface area contributed by atoms with E-state index < -0.39 is 53.1 Å². The molecule has 5 nitrogen and oxygen atoms in total. The Morgan fingerprint density at radius 3 is 2.17 bits per heavy atom. The summed E-state index contributed by atoms with van der Waals surface area (Å²) in [4.78, 5) is 11.5. The molecule has 1 spiro atoms. The lowest BCUT2D eigenvalue weighted by molar-refractivity contribution is -0.362. The topological polar surface area (TPSA) is 76.0 Å². The van der Waals surface area contributed by atoms with Gasteiger partial charge in [-0.25, -0.2) is 4.79 Å². The molecule has 3 saturated carbocycles. The minimum Gasteiger partial charge on any atom is -0.478 e. The van der Waals surface area contributed by atoms with Crippen molar-refractivity contribution >= 4 is 5.97 Å². The third-order valence-electron chi connectivity index (χ3n) is 11.4. The summed E-state index contributed by atoms with van der Waals surface area (Å²) in [5.74, 6) is -8.24. The normalized spacial score (nSPS) is 37.6. The van der Waals surface area contributed by atoms with Crippen molar-refractivity contribution in [2.75, 3.05) is 13.2 Å². The van der Waals surface area contributed by atoms with Crippen molar-refractivity contribution in [2.45, 2.75) is 102 Å². The van der Waals surface area contributed by atoms with Crippen LogP contribution in [0.15, 0.2) is 35.4 Å². The number of rotatable bonds is 3. The monoisotopic (exact) mass is 598 g/mol. The Bertz CT molecular complexity index is 1280. The molecule has 3 unspecified atom stereocenters. The molecule has 232 valence electrons. The number of aromatic carboxylic acids is 1. The zero-order chi connectivity index (χ0) is 30.5. The first-order chi connectivity index (χ1) is 19.4. The molecule has 1 aromatic carbocycles. The molecule has 0 radical (unpaired) electrons. The number of alkyl halides is 5. The lowest BCUT2D eigenvalue weighted by atomic mass is 9.49. The van der Waals surface area contributed by atoms with Crippen LogP contribution in [0.3, 0.4) is 0 Å². The van der Waals surface area contributed by atoms with Crippen LogP contribution in [-0.4, -0.2) is 52.9 Å². The molecular weight excluding hydrogens is 559 g/mol. The van der Waals surface area contributed by atoms with Crippen LogP contribution in [0.5, 0.6) is 0 Å². The third kappa shape index (κ3) is 4.29. The van der Waals surface area contributed by atoms with E-state index in [0.717, 1.165) is 12.0 Å². The quantitative estimate of drug-likeness (QED) is 0.279. The maximum absolute atomic E-state index is 15.2. The zero-order valence-corrected chi connectivity index (χ0v) is 24.2. The van der Waals surface area contributed by atoms with Gasteiger partial charge in [-0.2, -0.15) is 22.0 Å². The highest BCUT2D eigenvalue weighted by molar-refractivity contribution is 5.87. The maximum Gasteiger partial charge on any atom is 0.456 e. The fraction of sp³-hybridized carbons (Fsp3) is 0.719. The molecule has 1 aliphatic heterocycles. The molecule has 6 rings (SSSR count). The van der Waals surface area contributed by atoms with Crippen LogP contribution in [0.4, 0.5) is 22.0 Å². The van der Waals surface area contributed by atoms with Gasteiger partial charge in [-0.05, 0) is 74.0 Å². The van der Waals surface area contributed by atoms with Crippen molar-refractivity contribution < 1.29 is 46.4 Å². The first-order valence-electron chi connectivity index (χ1n) is 14.9. The molecule has 6 atom stereocenters. The number of carboxylic acids is 1. The molecule has 1 heterocycles. The maximum atomic E-state index is 15.2. The summed E-state index contributed by atoms with van der Waals surface area (Å²) in [6, 6.07) is 6.17. The van der Waals surface area contributed by atoms with Crippen LogP contribution in [0.25, 0.3) is 0 Å². The molecule has 1 saturated heterocycles. The number of carboxylic acid groups (broad SMARTS) is 1. The highest BCUT2D eigenvalue weighted by Crippen LogP contribution is 2.71. The van der Waals surface area contributed by atoms with Crippen LogP contribution in [0.1, 0.15) is 94.0 Å². The van der Waals surface area contributed by atoms with Gasteiger partial charge < -0.3 is 19.7 Å². The van der Waals surface area contributed by atoms with E-state index in [-0.39, 0.29) is 35.7 Å². The fourth-order valence-electron chi connectivity index (χ4n) is 9.14. The average molecular weight is 599 g/mol. The molecule has 10 heteroatoms. The Labute approximate surface area is 242 Å². The Balaban J connectivity index is 1.43. The summed E-state index contributed by atoms with van der Waals surface area (Å²) in [6.07, 6.45) is -3.19.